The normalized spacial score (nSPS) is 10.3. The third-order valence-electron chi connectivity index (χ3n) is 2.53. The minimum absolute atomic E-state index is 0.264. The molecule has 0 unspecified atom stereocenters. The number of nitrogens with zero attached hydrogens (tertiary/aromatic N) is 2. The molecule has 5 nitrogen and oxygen atoms in total. The van der Waals surface area contributed by atoms with Crippen molar-refractivity contribution >= 4 is 23.4 Å². The number of hydrogen-bond acceptors (Lipinski definition) is 6. The molecule has 0 saturated carbocycles. The van der Waals surface area contributed by atoms with Crippen LogP contribution < -0.4 is 9.47 Å². The van der Waals surface area contributed by atoms with Crippen molar-refractivity contribution in [3.63, 3.8) is 0 Å². The fourth-order valence-corrected chi connectivity index (χ4v) is 2.15. The molecule has 1 heterocycles. The number of aromatic nitrogens is 1. The second kappa shape index (κ2) is 6.68. The first-order chi connectivity index (χ1) is 10.1. The molecule has 21 heavy (non-hydrogen) atoms. The smallest absolute Gasteiger partial charge is 0.336 e. The number of carbonyl (C=O) groups excluding carboxylic acids is 1. The second-order valence-electron chi connectivity index (χ2n) is 4.02. The molecule has 106 valence electrons. The van der Waals surface area contributed by atoms with Gasteiger partial charge < -0.3 is 9.47 Å². The highest BCUT2D eigenvalue weighted by molar-refractivity contribution is 7.09. The van der Waals surface area contributed by atoms with Gasteiger partial charge in [0.15, 0.2) is 11.5 Å². The molecule has 6 heteroatoms. The minimum Gasteiger partial charge on any atom is -0.493 e. The summed E-state index contributed by atoms with van der Waals surface area (Å²) >= 11 is 1.51. The van der Waals surface area contributed by atoms with E-state index in [1.807, 2.05) is 18.4 Å². The Morgan fingerprint density at radius 3 is 2.86 bits per heavy atom. The van der Waals surface area contributed by atoms with Crippen molar-refractivity contribution in [1.29, 1.82) is 5.26 Å². The van der Waals surface area contributed by atoms with Gasteiger partial charge in [0.2, 0.25) is 0 Å². The van der Waals surface area contributed by atoms with Crippen molar-refractivity contribution in [2.24, 2.45) is 0 Å². The third kappa shape index (κ3) is 3.91. The summed E-state index contributed by atoms with van der Waals surface area (Å²) in [7, 11) is 1.45. The first-order valence-corrected chi connectivity index (χ1v) is 6.90. The molecule has 0 aliphatic rings. The maximum atomic E-state index is 11.8. The Bertz CT molecular complexity index is 729. The van der Waals surface area contributed by atoms with Crippen LogP contribution in [0.1, 0.15) is 16.3 Å². The molecule has 1 aromatic carbocycles. The van der Waals surface area contributed by atoms with Gasteiger partial charge >= 0.3 is 5.97 Å². The van der Waals surface area contributed by atoms with Gasteiger partial charge in [0.05, 0.1) is 29.4 Å². The summed E-state index contributed by atoms with van der Waals surface area (Å²) in [6, 6.07) is 6.58. The number of carbonyl (C=O) groups is 1. The van der Waals surface area contributed by atoms with E-state index in [1.165, 1.54) is 36.7 Å². The predicted molar refractivity (Wildman–Crippen MR) is 79.2 cm³/mol. The predicted octanol–water partition coefficient (Wildman–Crippen LogP) is 2.95. The van der Waals surface area contributed by atoms with Crippen LogP contribution in [0.4, 0.5) is 0 Å². The number of thiazole rings is 1. The molecule has 0 saturated heterocycles. The van der Waals surface area contributed by atoms with Crippen molar-refractivity contribution in [1.82, 2.24) is 4.98 Å². The molecule has 0 bridgehead atoms. The lowest BCUT2D eigenvalue weighted by atomic mass is 10.2. The summed E-state index contributed by atoms with van der Waals surface area (Å²) < 4.78 is 10.3. The van der Waals surface area contributed by atoms with Crippen molar-refractivity contribution in [2.75, 3.05) is 7.11 Å². The van der Waals surface area contributed by atoms with E-state index in [0.29, 0.717) is 17.0 Å². The van der Waals surface area contributed by atoms with Gasteiger partial charge in [-0.1, -0.05) is 0 Å². The Labute approximate surface area is 126 Å². The third-order valence-corrected chi connectivity index (χ3v) is 3.32. The summed E-state index contributed by atoms with van der Waals surface area (Å²) in [5.41, 5.74) is 1.14. The molecular formula is C15H12N2O3S. The van der Waals surface area contributed by atoms with Crippen molar-refractivity contribution in [2.45, 2.75) is 6.92 Å². The first kappa shape index (κ1) is 14.8. The van der Waals surface area contributed by atoms with Crippen molar-refractivity contribution < 1.29 is 14.3 Å². The van der Waals surface area contributed by atoms with E-state index in [2.05, 4.69) is 4.98 Å². The summed E-state index contributed by atoms with van der Waals surface area (Å²) in [5, 5.41) is 11.6. The maximum absolute atomic E-state index is 11.8. The van der Waals surface area contributed by atoms with Gasteiger partial charge in [-0.05, 0) is 25.1 Å². The molecule has 0 atom stereocenters. The summed E-state index contributed by atoms with van der Waals surface area (Å²) in [4.78, 5) is 16.0. The van der Waals surface area contributed by atoms with Gasteiger partial charge in [-0.3, -0.25) is 0 Å². The molecular weight excluding hydrogens is 288 g/mol. The van der Waals surface area contributed by atoms with Gasteiger partial charge in [0.25, 0.3) is 0 Å². The Balaban J connectivity index is 2.09. The van der Waals surface area contributed by atoms with Gasteiger partial charge in [-0.15, -0.1) is 11.3 Å². The van der Waals surface area contributed by atoms with Crippen LogP contribution in [-0.2, 0) is 4.79 Å². The number of rotatable bonds is 4. The number of methoxy groups -OCH3 is 1. The van der Waals surface area contributed by atoms with Crippen LogP contribution >= 0.6 is 11.3 Å². The van der Waals surface area contributed by atoms with Gasteiger partial charge in [0, 0.05) is 17.5 Å². The van der Waals surface area contributed by atoms with E-state index in [0.717, 1.165) is 5.01 Å². The molecule has 0 fully saturated rings. The topological polar surface area (TPSA) is 72.2 Å². The van der Waals surface area contributed by atoms with E-state index in [1.54, 1.807) is 12.1 Å². The van der Waals surface area contributed by atoms with Crippen LogP contribution in [-0.4, -0.2) is 18.1 Å². The van der Waals surface area contributed by atoms with E-state index in [4.69, 9.17) is 14.7 Å². The maximum Gasteiger partial charge on any atom is 0.336 e. The van der Waals surface area contributed by atoms with E-state index < -0.39 is 5.97 Å². The summed E-state index contributed by atoms with van der Waals surface area (Å²) in [6.07, 6.45) is 2.88. The Kier molecular flexibility index (Phi) is 4.69. The Morgan fingerprint density at radius 1 is 1.43 bits per heavy atom. The Morgan fingerprint density at radius 2 is 2.24 bits per heavy atom. The van der Waals surface area contributed by atoms with Crippen LogP contribution in [0.25, 0.3) is 6.08 Å². The minimum atomic E-state index is -0.538. The van der Waals surface area contributed by atoms with E-state index in [-0.39, 0.29) is 5.75 Å². The fourth-order valence-electron chi connectivity index (χ4n) is 1.57. The number of aryl methyl sites for hydroxylation is 1. The lowest BCUT2D eigenvalue weighted by Crippen LogP contribution is -2.05. The quantitative estimate of drug-likeness (QED) is 0.493. The monoisotopic (exact) mass is 300 g/mol. The number of esters is 1. The number of nitriles is 1. The Hall–Kier alpha value is -2.65. The molecule has 1 aromatic heterocycles. The standard InChI is InChI=1S/C15H12N2O3S/c1-10-17-12(9-21-10)4-6-15(18)20-13-5-3-11(8-16)7-14(13)19-2/h3-7,9H,1-2H3/b6-4+. The molecule has 0 spiro atoms. The lowest BCUT2D eigenvalue weighted by molar-refractivity contribution is -0.129. The number of hydrogen-bond donors (Lipinski definition) is 0. The largest absolute Gasteiger partial charge is 0.493 e. The highest BCUT2D eigenvalue weighted by Gasteiger charge is 2.09. The van der Waals surface area contributed by atoms with E-state index >= 15 is 0 Å². The highest BCUT2D eigenvalue weighted by Crippen LogP contribution is 2.28. The second-order valence-corrected chi connectivity index (χ2v) is 5.09. The zero-order valence-electron chi connectivity index (χ0n) is 11.5. The molecule has 0 radical (unpaired) electrons. The molecule has 2 rings (SSSR count). The fraction of sp³-hybridized carbons (Fsp3) is 0.133. The molecule has 0 aliphatic carbocycles. The zero-order valence-corrected chi connectivity index (χ0v) is 12.3. The van der Waals surface area contributed by atoms with Gasteiger partial charge in [0.1, 0.15) is 0 Å². The summed E-state index contributed by atoms with van der Waals surface area (Å²) in [6.45, 7) is 1.89. The van der Waals surface area contributed by atoms with Crippen LogP contribution in [0.15, 0.2) is 29.7 Å². The first-order valence-electron chi connectivity index (χ1n) is 6.02. The van der Waals surface area contributed by atoms with Crippen LogP contribution in [0.2, 0.25) is 0 Å². The van der Waals surface area contributed by atoms with Crippen LogP contribution in [0.5, 0.6) is 11.5 Å². The number of benzene rings is 1. The van der Waals surface area contributed by atoms with Gasteiger partial charge in [-0.2, -0.15) is 5.26 Å². The number of ether oxygens (including phenoxy) is 2. The summed E-state index contributed by atoms with van der Waals surface area (Å²) in [5.74, 6) is 0.0598. The zero-order chi connectivity index (χ0) is 15.2. The van der Waals surface area contributed by atoms with Crippen molar-refractivity contribution in [3.05, 3.63) is 45.9 Å². The van der Waals surface area contributed by atoms with Crippen LogP contribution in [0, 0.1) is 18.3 Å². The average molecular weight is 300 g/mol. The molecule has 0 aliphatic heterocycles. The highest BCUT2D eigenvalue weighted by atomic mass is 32.1. The lowest BCUT2D eigenvalue weighted by Gasteiger charge is -2.07. The van der Waals surface area contributed by atoms with Crippen molar-refractivity contribution in [3.8, 4) is 17.6 Å². The van der Waals surface area contributed by atoms with Crippen LogP contribution in [0.3, 0.4) is 0 Å². The average Bonchev–Trinajstić information content (AvgIpc) is 2.91. The van der Waals surface area contributed by atoms with E-state index in [9.17, 15) is 4.79 Å². The molecule has 0 amide bonds. The molecule has 2 aromatic rings. The molecule has 0 N–H and O–H groups in total. The SMILES string of the molecule is COc1cc(C#N)ccc1OC(=O)/C=C/c1csc(C)n1. The van der Waals surface area contributed by atoms with Gasteiger partial charge in [-0.25, -0.2) is 9.78 Å².